The minimum Gasteiger partial charge on any atom is -0.378 e. The first kappa shape index (κ1) is 15.2. The summed E-state index contributed by atoms with van der Waals surface area (Å²) in [5, 5.41) is 1.50. The standard InChI is InChI=1S/C18H16ClN3O2/c19-13-6-7-15-16(12-13)22(14-4-2-1-3-5-14)18(23)20-17(15)21-8-10-24-11-9-21/h1-7,12H,8-11H2. The maximum absolute atomic E-state index is 12.8. The quantitative estimate of drug-likeness (QED) is 0.719. The average Bonchev–Trinajstić information content (AvgIpc) is 2.62. The fraction of sp³-hybridized carbons (Fsp3) is 0.222. The van der Waals surface area contributed by atoms with Crippen molar-refractivity contribution >= 4 is 28.3 Å². The van der Waals surface area contributed by atoms with Crippen LogP contribution >= 0.6 is 11.6 Å². The number of benzene rings is 2. The van der Waals surface area contributed by atoms with E-state index >= 15 is 0 Å². The molecule has 5 nitrogen and oxygen atoms in total. The molecule has 0 spiro atoms. The third-order valence-electron chi connectivity index (χ3n) is 4.16. The lowest BCUT2D eigenvalue weighted by atomic mass is 10.2. The molecule has 1 aliphatic rings. The molecule has 122 valence electrons. The average molecular weight is 342 g/mol. The van der Waals surface area contributed by atoms with Gasteiger partial charge in [0.1, 0.15) is 5.82 Å². The normalized spacial score (nSPS) is 15.0. The van der Waals surface area contributed by atoms with Crippen LogP contribution in [0.15, 0.2) is 53.3 Å². The second kappa shape index (κ2) is 6.26. The molecular weight excluding hydrogens is 326 g/mol. The van der Waals surface area contributed by atoms with E-state index in [1.807, 2.05) is 48.5 Å². The lowest BCUT2D eigenvalue weighted by molar-refractivity contribution is 0.122. The smallest absolute Gasteiger partial charge is 0.354 e. The molecule has 0 radical (unpaired) electrons. The van der Waals surface area contributed by atoms with E-state index in [4.69, 9.17) is 16.3 Å². The summed E-state index contributed by atoms with van der Waals surface area (Å²) in [6.45, 7) is 2.72. The minimum atomic E-state index is -0.308. The zero-order valence-electron chi connectivity index (χ0n) is 13.0. The number of halogens is 1. The van der Waals surface area contributed by atoms with Crippen LogP contribution < -0.4 is 10.6 Å². The number of fused-ring (bicyclic) bond motifs is 1. The summed E-state index contributed by atoms with van der Waals surface area (Å²) >= 11 is 6.20. The van der Waals surface area contributed by atoms with Gasteiger partial charge < -0.3 is 9.64 Å². The molecule has 1 saturated heterocycles. The van der Waals surface area contributed by atoms with E-state index in [0.29, 0.717) is 24.1 Å². The Labute approximate surface area is 144 Å². The molecule has 24 heavy (non-hydrogen) atoms. The van der Waals surface area contributed by atoms with Crippen molar-refractivity contribution in [1.82, 2.24) is 9.55 Å². The highest BCUT2D eigenvalue weighted by molar-refractivity contribution is 6.31. The third kappa shape index (κ3) is 2.66. The minimum absolute atomic E-state index is 0.308. The van der Waals surface area contributed by atoms with Crippen LogP contribution in [0.1, 0.15) is 0 Å². The molecule has 0 bridgehead atoms. The van der Waals surface area contributed by atoms with Crippen LogP contribution in [-0.2, 0) is 4.74 Å². The molecule has 6 heteroatoms. The zero-order valence-corrected chi connectivity index (χ0v) is 13.7. The number of hydrogen-bond acceptors (Lipinski definition) is 4. The van der Waals surface area contributed by atoms with Crippen LogP contribution in [0.25, 0.3) is 16.6 Å². The molecule has 2 heterocycles. The topological polar surface area (TPSA) is 47.4 Å². The molecule has 0 N–H and O–H groups in total. The number of ether oxygens (including phenoxy) is 1. The summed E-state index contributed by atoms with van der Waals surface area (Å²) in [7, 11) is 0. The molecule has 0 saturated carbocycles. The fourth-order valence-corrected chi connectivity index (χ4v) is 3.19. The van der Waals surface area contributed by atoms with Crippen LogP contribution in [0, 0.1) is 0 Å². The number of aromatic nitrogens is 2. The van der Waals surface area contributed by atoms with Gasteiger partial charge >= 0.3 is 5.69 Å². The van der Waals surface area contributed by atoms with Crippen LogP contribution in [0.2, 0.25) is 5.02 Å². The van der Waals surface area contributed by atoms with Crippen LogP contribution in [-0.4, -0.2) is 35.9 Å². The Morgan fingerprint density at radius 3 is 2.54 bits per heavy atom. The van der Waals surface area contributed by atoms with Crippen LogP contribution in [0.5, 0.6) is 0 Å². The Kier molecular flexibility index (Phi) is 3.96. The summed E-state index contributed by atoms with van der Waals surface area (Å²) in [4.78, 5) is 19.2. The van der Waals surface area contributed by atoms with E-state index < -0.39 is 0 Å². The van der Waals surface area contributed by atoms with Gasteiger partial charge in [-0.2, -0.15) is 4.98 Å². The molecule has 0 aliphatic carbocycles. The van der Waals surface area contributed by atoms with Gasteiger partial charge in [0.15, 0.2) is 0 Å². The molecule has 0 unspecified atom stereocenters. The van der Waals surface area contributed by atoms with Crippen molar-refractivity contribution in [2.75, 3.05) is 31.2 Å². The monoisotopic (exact) mass is 341 g/mol. The fourth-order valence-electron chi connectivity index (χ4n) is 3.03. The molecule has 4 rings (SSSR count). The predicted molar refractivity (Wildman–Crippen MR) is 95.4 cm³/mol. The molecular formula is C18H16ClN3O2. The molecule has 0 amide bonds. The molecule has 2 aromatic carbocycles. The summed E-state index contributed by atoms with van der Waals surface area (Å²) in [5.41, 5.74) is 1.23. The van der Waals surface area contributed by atoms with Crippen molar-refractivity contribution in [2.45, 2.75) is 0 Å². The van der Waals surface area contributed by atoms with E-state index in [0.717, 1.165) is 29.7 Å². The number of para-hydroxylation sites is 1. The Bertz CT molecular complexity index is 934. The highest BCUT2D eigenvalue weighted by atomic mass is 35.5. The Hall–Kier alpha value is -2.37. The van der Waals surface area contributed by atoms with Crippen LogP contribution in [0.3, 0.4) is 0 Å². The van der Waals surface area contributed by atoms with Crippen molar-refractivity contribution in [3.63, 3.8) is 0 Å². The maximum Gasteiger partial charge on any atom is 0.354 e. The van der Waals surface area contributed by atoms with Gasteiger partial charge in [0.05, 0.1) is 24.4 Å². The van der Waals surface area contributed by atoms with Gasteiger partial charge in [0, 0.05) is 23.5 Å². The molecule has 1 fully saturated rings. The number of nitrogens with zero attached hydrogens (tertiary/aromatic N) is 3. The SMILES string of the molecule is O=c1nc(N2CCOCC2)c2ccc(Cl)cc2n1-c1ccccc1. The summed E-state index contributed by atoms with van der Waals surface area (Å²) in [6.07, 6.45) is 0. The summed E-state index contributed by atoms with van der Waals surface area (Å²) in [6, 6.07) is 15.1. The van der Waals surface area contributed by atoms with Crippen molar-refractivity contribution in [1.29, 1.82) is 0 Å². The largest absolute Gasteiger partial charge is 0.378 e. The first-order valence-electron chi connectivity index (χ1n) is 7.84. The van der Waals surface area contributed by atoms with E-state index in [2.05, 4.69) is 9.88 Å². The van der Waals surface area contributed by atoms with Gasteiger partial charge in [0.2, 0.25) is 0 Å². The van der Waals surface area contributed by atoms with Crippen molar-refractivity contribution in [3.8, 4) is 5.69 Å². The van der Waals surface area contributed by atoms with Gasteiger partial charge in [-0.05, 0) is 30.3 Å². The van der Waals surface area contributed by atoms with Gasteiger partial charge in [-0.1, -0.05) is 29.8 Å². The second-order valence-electron chi connectivity index (χ2n) is 5.65. The number of morpholine rings is 1. The highest BCUT2D eigenvalue weighted by Crippen LogP contribution is 2.27. The number of hydrogen-bond donors (Lipinski definition) is 0. The van der Waals surface area contributed by atoms with Gasteiger partial charge in [-0.15, -0.1) is 0 Å². The van der Waals surface area contributed by atoms with Crippen LogP contribution in [0.4, 0.5) is 5.82 Å². The zero-order chi connectivity index (χ0) is 16.5. The van der Waals surface area contributed by atoms with E-state index in [1.165, 1.54) is 0 Å². The predicted octanol–water partition coefficient (Wildman–Crippen LogP) is 2.88. The lowest BCUT2D eigenvalue weighted by Gasteiger charge is -2.29. The highest BCUT2D eigenvalue weighted by Gasteiger charge is 2.19. The molecule has 1 aromatic heterocycles. The van der Waals surface area contributed by atoms with Gasteiger partial charge in [-0.3, -0.25) is 4.57 Å². The first-order valence-corrected chi connectivity index (χ1v) is 8.22. The molecule has 3 aromatic rings. The van der Waals surface area contributed by atoms with Crippen molar-refractivity contribution in [2.24, 2.45) is 0 Å². The number of rotatable bonds is 2. The van der Waals surface area contributed by atoms with Gasteiger partial charge in [-0.25, -0.2) is 4.79 Å². The number of anilines is 1. The third-order valence-corrected chi connectivity index (χ3v) is 4.39. The second-order valence-corrected chi connectivity index (χ2v) is 6.09. The summed E-state index contributed by atoms with van der Waals surface area (Å²) in [5.74, 6) is 0.696. The van der Waals surface area contributed by atoms with E-state index in [-0.39, 0.29) is 5.69 Å². The first-order chi connectivity index (χ1) is 11.7. The Balaban J connectivity index is 2.00. The van der Waals surface area contributed by atoms with Crippen molar-refractivity contribution in [3.05, 3.63) is 64.0 Å². The molecule has 0 atom stereocenters. The van der Waals surface area contributed by atoms with E-state index in [1.54, 1.807) is 4.57 Å². The molecule has 1 aliphatic heterocycles. The maximum atomic E-state index is 12.8. The van der Waals surface area contributed by atoms with E-state index in [9.17, 15) is 4.79 Å². The van der Waals surface area contributed by atoms with Gasteiger partial charge in [0.25, 0.3) is 0 Å². The lowest BCUT2D eigenvalue weighted by Crippen LogP contribution is -2.38. The van der Waals surface area contributed by atoms with Crippen molar-refractivity contribution < 1.29 is 4.74 Å². The summed E-state index contributed by atoms with van der Waals surface area (Å²) < 4.78 is 7.00. The Morgan fingerprint density at radius 2 is 1.79 bits per heavy atom. The Morgan fingerprint density at radius 1 is 1.04 bits per heavy atom.